The number of ether oxygens (including phenoxy) is 2. The first-order valence-electron chi connectivity index (χ1n) is 8.03. The Labute approximate surface area is 136 Å². The smallest absolute Gasteiger partial charge is 0.249 e. The minimum Gasteiger partial charge on any atom is -0.493 e. The summed E-state index contributed by atoms with van der Waals surface area (Å²) in [6.45, 7) is 0.682. The Hall–Kier alpha value is -2.04. The van der Waals surface area contributed by atoms with Gasteiger partial charge in [0.1, 0.15) is 0 Å². The second kappa shape index (κ2) is 7.99. The van der Waals surface area contributed by atoms with Gasteiger partial charge in [-0.2, -0.15) is 9.78 Å². The molecule has 4 nitrogen and oxygen atoms in total. The normalized spacial score (nSPS) is 13.8. The van der Waals surface area contributed by atoms with Gasteiger partial charge in [0.25, 0.3) is 0 Å². The Morgan fingerprint density at radius 1 is 0.913 bits per heavy atom. The monoisotopic (exact) mass is 314 g/mol. The van der Waals surface area contributed by atoms with Crippen molar-refractivity contribution in [1.29, 1.82) is 0 Å². The third-order valence-electron chi connectivity index (χ3n) is 3.86. The van der Waals surface area contributed by atoms with Crippen molar-refractivity contribution in [2.24, 2.45) is 0 Å². The van der Waals surface area contributed by atoms with Crippen LogP contribution in [0.1, 0.15) is 36.7 Å². The number of rotatable bonds is 9. The van der Waals surface area contributed by atoms with Gasteiger partial charge in [0.05, 0.1) is 13.7 Å². The van der Waals surface area contributed by atoms with Crippen molar-refractivity contribution in [2.75, 3.05) is 13.7 Å². The van der Waals surface area contributed by atoms with E-state index in [-0.39, 0.29) is 6.29 Å². The van der Waals surface area contributed by atoms with Crippen molar-refractivity contribution in [3.63, 3.8) is 0 Å². The topological polar surface area (TPSA) is 43.5 Å². The molecule has 0 bridgehead atoms. The average molecular weight is 314 g/mol. The molecule has 0 aliphatic carbocycles. The Balaban J connectivity index is 1.40. The zero-order valence-corrected chi connectivity index (χ0v) is 13.4. The van der Waals surface area contributed by atoms with Gasteiger partial charge in [-0.3, -0.25) is 0 Å². The van der Waals surface area contributed by atoms with Gasteiger partial charge in [-0.05, 0) is 49.4 Å². The lowest BCUT2D eigenvalue weighted by Crippen LogP contribution is -2.00. The van der Waals surface area contributed by atoms with E-state index in [1.54, 1.807) is 7.11 Å². The van der Waals surface area contributed by atoms with Crippen LogP contribution in [0.2, 0.25) is 0 Å². The van der Waals surface area contributed by atoms with Gasteiger partial charge < -0.3 is 9.47 Å². The van der Waals surface area contributed by atoms with Crippen molar-refractivity contribution >= 4 is 0 Å². The molecule has 1 saturated heterocycles. The van der Waals surface area contributed by atoms with E-state index >= 15 is 0 Å². The maximum absolute atomic E-state index is 5.86. The van der Waals surface area contributed by atoms with Crippen LogP contribution in [0.15, 0.2) is 48.5 Å². The van der Waals surface area contributed by atoms with Crippen LogP contribution in [0.25, 0.3) is 0 Å². The lowest BCUT2D eigenvalue weighted by atomic mass is 10.1. The number of hydrogen-bond acceptors (Lipinski definition) is 4. The highest BCUT2D eigenvalue weighted by atomic mass is 17.4. The van der Waals surface area contributed by atoms with Crippen LogP contribution in [0.3, 0.4) is 0 Å². The van der Waals surface area contributed by atoms with E-state index in [4.69, 9.17) is 19.2 Å². The highest BCUT2D eigenvalue weighted by molar-refractivity contribution is 5.43. The minimum atomic E-state index is -0.255. The van der Waals surface area contributed by atoms with Crippen LogP contribution in [0.5, 0.6) is 11.5 Å². The molecule has 0 aromatic heterocycles. The fourth-order valence-electron chi connectivity index (χ4n) is 2.53. The molecule has 122 valence electrons. The van der Waals surface area contributed by atoms with E-state index in [9.17, 15) is 0 Å². The highest BCUT2D eigenvalue weighted by Gasteiger charge is 2.29. The van der Waals surface area contributed by atoms with Crippen LogP contribution in [0.4, 0.5) is 0 Å². The summed E-state index contributed by atoms with van der Waals surface area (Å²) in [6, 6.07) is 16.3. The van der Waals surface area contributed by atoms with E-state index in [2.05, 4.69) is 30.3 Å². The minimum absolute atomic E-state index is 0.255. The zero-order valence-electron chi connectivity index (χ0n) is 13.4. The highest BCUT2D eigenvalue weighted by Crippen LogP contribution is 2.37. The second-order valence-electron chi connectivity index (χ2n) is 5.58. The van der Waals surface area contributed by atoms with Crippen LogP contribution < -0.4 is 9.47 Å². The maximum Gasteiger partial charge on any atom is 0.249 e. The quantitative estimate of drug-likeness (QED) is 0.390. The molecular weight excluding hydrogens is 292 g/mol. The summed E-state index contributed by atoms with van der Waals surface area (Å²) < 4.78 is 11.2. The standard InChI is InChI=1S/C19H22O4/c1-20-17-12-11-16(19-22-23-19)14-18(17)21-13-7-3-6-10-15-8-4-2-5-9-15/h2,4-5,8-9,11-12,14,19H,3,6-7,10,13H2,1H3. The van der Waals surface area contributed by atoms with Gasteiger partial charge in [-0.15, -0.1) is 0 Å². The van der Waals surface area contributed by atoms with E-state index in [1.165, 1.54) is 12.0 Å². The van der Waals surface area contributed by atoms with Gasteiger partial charge in [0.15, 0.2) is 11.5 Å². The van der Waals surface area contributed by atoms with Crippen LogP contribution >= 0.6 is 0 Å². The van der Waals surface area contributed by atoms with Gasteiger partial charge in [0, 0.05) is 5.56 Å². The Morgan fingerprint density at radius 2 is 1.74 bits per heavy atom. The summed E-state index contributed by atoms with van der Waals surface area (Å²) in [5.41, 5.74) is 2.34. The van der Waals surface area contributed by atoms with E-state index in [1.807, 2.05) is 18.2 Å². The lowest BCUT2D eigenvalue weighted by molar-refractivity contribution is 0.0850. The SMILES string of the molecule is COc1ccc(C2OO2)cc1OCCCCCc1ccccc1. The van der Waals surface area contributed by atoms with Crippen molar-refractivity contribution in [2.45, 2.75) is 32.0 Å². The van der Waals surface area contributed by atoms with E-state index in [0.29, 0.717) is 6.61 Å². The van der Waals surface area contributed by atoms with Crippen LogP contribution in [0, 0.1) is 0 Å². The molecule has 0 amide bonds. The number of hydrogen-bond donors (Lipinski definition) is 0. The van der Waals surface area contributed by atoms with Gasteiger partial charge in [-0.25, -0.2) is 0 Å². The summed E-state index contributed by atoms with van der Waals surface area (Å²) >= 11 is 0. The molecule has 0 N–H and O–H groups in total. The molecule has 2 aromatic carbocycles. The molecule has 0 saturated carbocycles. The second-order valence-corrected chi connectivity index (χ2v) is 5.58. The molecule has 1 heterocycles. The first-order chi connectivity index (χ1) is 11.4. The Kier molecular flexibility index (Phi) is 5.51. The number of unbranched alkanes of at least 4 members (excludes halogenated alkanes) is 2. The zero-order chi connectivity index (χ0) is 15.9. The summed E-state index contributed by atoms with van der Waals surface area (Å²) in [5, 5.41) is 0. The number of benzene rings is 2. The largest absolute Gasteiger partial charge is 0.493 e. The molecule has 0 spiro atoms. The fourth-order valence-corrected chi connectivity index (χ4v) is 2.53. The molecule has 23 heavy (non-hydrogen) atoms. The lowest BCUT2D eigenvalue weighted by Gasteiger charge is -2.11. The van der Waals surface area contributed by atoms with Crippen molar-refractivity contribution in [3.05, 3.63) is 59.7 Å². The molecule has 0 radical (unpaired) electrons. The average Bonchev–Trinajstić information content (AvgIpc) is 3.44. The molecule has 4 heteroatoms. The third kappa shape index (κ3) is 4.71. The molecular formula is C19H22O4. The van der Waals surface area contributed by atoms with Gasteiger partial charge in [-0.1, -0.05) is 30.3 Å². The maximum atomic E-state index is 5.86. The molecule has 3 rings (SSSR count). The molecule has 1 fully saturated rings. The third-order valence-corrected chi connectivity index (χ3v) is 3.86. The summed E-state index contributed by atoms with van der Waals surface area (Å²) in [4.78, 5) is 9.65. The summed E-state index contributed by atoms with van der Waals surface area (Å²) in [5.74, 6) is 1.48. The Bertz CT molecular complexity index is 608. The first kappa shape index (κ1) is 15.8. The molecule has 1 aliphatic heterocycles. The van der Waals surface area contributed by atoms with Gasteiger partial charge in [0.2, 0.25) is 6.29 Å². The number of methoxy groups -OCH3 is 1. The predicted molar refractivity (Wildman–Crippen MR) is 87.4 cm³/mol. The molecule has 0 unspecified atom stereocenters. The predicted octanol–water partition coefficient (Wildman–Crippen LogP) is 4.45. The van der Waals surface area contributed by atoms with Crippen molar-refractivity contribution < 1.29 is 19.2 Å². The first-order valence-corrected chi connectivity index (χ1v) is 8.03. The summed E-state index contributed by atoms with van der Waals surface area (Å²) in [6.07, 6.45) is 4.21. The van der Waals surface area contributed by atoms with Crippen LogP contribution in [-0.2, 0) is 16.2 Å². The van der Waals surface area contributed by atoms with Gasteiger partial charge >= 0.3 is 0 Å². The van der Waals surface area contributed by atoms with E-state index < -0.39 is 0 Å². The molecule has 1 aliphatic rings. The van der Waals surface area contributed by atoms with E-state index in [0.717, 1.165) is 36.3 Å². The summed E-state index contributed by atoms with van der Waals surface area (Å²) in [7, 11) is 1.64. The van der Waals surface area contributed by atoms with Crippen molar-refractivity contribution in [3.8, 4) is 11.5 Å². The molecule has 0 atom stereocenters. The van der Waals surface area contributed by atoms with Crippen molar-refractivity contribution in [1.82, 2.24) is 0 Å². The number of aryl methyl sites for hydroxylation is 1. The Morgan fingerprint density at radius 3 is 2.48 bits per heavy atom. The van der Waals surface area contributed by atoms with Crippen LogP contribution in [-0.4, -0.2) is 13.7 Å². The fraction of sp³-hybridized carbons (Fsp3) is 0.368. The molecule has 2 aromatic rings.